The van der Waals surface area contributed by atoms with Crippen molar-refractivity contribution < 1.29 is 9.13 Å². The molecule has 1 N–H and O–H groups in total. The molecule has 0 spiro atoms. The van der Waals surface area contributed by atoms with E-state index in [1.54, 1.807) is 19.4 Å². The van der Waals surface area contributed by atoms with Gasteiger partial charge in [-0.2, -0.15) is 0 Å². The Bertz CT molecular complexity index is 962. The summed E-state index contributed by atoms with van der Waals surface area (Å²) in [5.74, 6) is -0.269. The van der Waals surface area contributed by atoms with Gasteiger partial charge in [-0.1, -0.05) is 12.1 Å². The van der Waals surface area contributed by atoms with E-state index in [-0.39, 0.29) is 17.9 Å². The second-order valence-electron chi connectivity index (χ2n) is 6.60. The number of nitrogens with zero attached hydrogens (tertiary/aromatic N) is 3. The van der Waals surface area contributed by atoms with Crippen LogP contribution in [0.15, 0.2) is 67.0 Å². The Kier molecular flexibility index (Phi) is 5.36. The number of benzene rings is 1. The highest BCUT2D eigenvalue weighted by Gasteiger charge is 2.41. The third-order valence-corrected chi connectivity index (χ3v) is 5.26. The second-order valence-corrected chi connectivity index (χ2v) is 6.98. The van der Waals surface area contributed by atoms with Crippen molar-refractivity contribution in [3.05, 3.63) is 84.2 Å². The molecule has 2 atom stereocenters. The van der Waals surface area contributed by atoms with Crippen LogP contribution in [0, 0.1) is 5.82 Å². The molecule has 0 bridgehead atoms. The van der Waals surface area contributed by atoms with Crippen molar-refractivity contribution in [1.29, 1.82) is 0 Å². The van der Waals surface area contributed by atoms with Gasteiger partial charge >= 0.3 is 0 Å². The summed E-state index contributed by atoms with van der Waals surface area (Å²) in [5, 5.41) is 4.07. The van der Waals surface area contributed by atoms with E-state index >= 15 is 0 Å². The van der Waals surface area contributed by atoms with Gasteiger partial charge < -0.3 is 19.5 Å². The van der Waals surface area contributed by atoms with Gasteiger partial charge in [0.15, 0.2) is 5.11 Å². The van der Waals surface area contributed by atoms with Crippen LogP contribution in [0.3, 0.4) is 0 Å². The lowest BCUT2D eigenvalue weighted by molar-refractivity contribution is 0.163. The van der Waals surface area contributed by atoms with Crippen molar-refractivity contribution in [3.63, 3.8) is 0 Å². The molecule has 7 heteroatoms. The minimum Gasteiger partial charge on any atom is -0.383 e. The number of halogens is 1. The first-order chi connectivity index (χ1) is 13.7. The van der Waals surface area contributed by atoms with Gasteiger partial charge in [-0.25, -0.2) is 4.39 Å². The molecule has 0 radical (unpaired) electrons. The molecule has 0 aliphatic carbocycles. The van der Waals surface area contributed by atoms with E-state index in [1.807, 2.05) is 47.2 Å². The summed E-state index contributed by atoms with van der Waals surface area (Å²) in [6, 6.07) is 16.2. The smallest absolute Gasteiger partial charge is 0.170 e. The van der Waals surface area contributed by atoms with Crippen molar-refractivity contribution >= 4 is 17.3 Å². The molecule has 2 aromatic heterocycles. The largest absolute Gasteiger partial charge is 0.383 e. The molecule has 0 unspecified atom stereocenters. The highest BCUT2D eigenvalue weighted by atomic mass is 32.1. The van der Waals surface area contributed by atoms with E-state index in [4.69, 9.17) is 17.0 Å². The molecular weight excluding hydrogens is 375 g/mol. The first kappa shape index (κ1) is 18.6. The van der Waals surface area contributed by atoms with Crippen LogP contribution in [0.1, 0.15) is 23.5 Å². The molecular formula is C21H21FN4OS. The zero-order valence-electron chi connectivity index (χ0n) is 15.5. The van der Waals surface area contributed by atoms with Crippen molar-refractivity contribution in [2.75, 3.05) is 20.3 Å². The van der Waals surface area contributed by atoms with Crippen LogP contribution >= 0.6 is 12.2 Å². The molecule has 1 saturated heterocycles. The predicted molar refractivity (Wildman–Crippen MR) is 110 cm³/mol. The second kappa shape index (κ2) is 8.08. The van der Waals surface area contributed by atoms with Gasteiger partial charge in [-0.15, -0.1) is 0 Å². The molecule has 3 heterocycles. The van der Waals surface area contributed by atoms with Crippen LogP contribution in [-0.2, 0) is 4.74 Å². The fourth-order valence-corrected chi connectivity index (χ4v) is 3.99. The Balaban J connectivity index is 1.79. The van der Waals surface area contributed by atoms with Gasteiger partial charge in [-0.3, -0.25) is 4.98 Å². The lowest BCUT2D eigenvalue weighted by Gasteiger charge is -2.28. The normalized spacial score (nSPS) is 19.1. The van der Waals surface area contributed by atoms with E-state index in [0.29, 0.717) is 18.3 Å². The standard InChI is InChI=1S/C21H21FN4OS/c1-27-13-12-26-20(19(24-21(26)28)17-8-2-3-10-23-17)18-9-5-11-25(18)16-7-4-6-15(22)14-16/h2-11,14,19-20H,12-13H2,1H3,(H,24,28)/t19-,20+/m1/s1. The Morgan fingerprint density at radius 3 is 2.82 bits per heavy atom. The fraction of sp³-hybridized carbons (Fsp3) is 0.238. The summed E-state index contributed by atoms with van der Waals surface area (Å²) < 4.78 is 21.1. The minimum absolute atomic E-state index is 0.101. The Labute approximate surface area is 168 Å². The summed E-state index contributed by atoms with van der Waals surface area (Å²) in [5.41, 5.74) is 2.68. The van der Waals surface area contributed by atoms with Gasteiger partial charge in [0, 0.05) is 37.4 Å². The topological polar surface area (TPSA) is 42.3 Å². The highest BCUT2D eigenvalue weighted by molar-refractivity contribution is 7.80. The van der Waals surface area contributed by atoms with E-state index in [0.717, 1.165) is 17.1 Å². The molecule has 1 aromatic carbocycles. The van der Waals surface area contributed by atoms with Crippen LogP contribution in [0.25, 0.3) is 5.69 Å². The summed E-state index contributed by atoms with van der Waals surface area (Å²) in [4.78, 5) is 6.65. The molecule has 0 saturated carbocycles. The van der Waals surface area contributed by atoms with Crippen molar-refractivity contribution in [2.45, 2.75) is 12.1 Å². The van der Waals surface area contributed by atoms with Crippen molar-refractivity contribution in [3.8, 4) is 5.69 Å². The maximum absolute atomic E-state index is 13.8. The Hall–Kier alpha value is -2.77. The van der Waals surface area contributed by atoms with Crippen molar-refractivity contribution in [2.24, 2.45) is 0 Å². The van der Waals surface area contributed by atoms with E-state index in [9.17, 15) is 4.39 Å². The monoisotopic (exact) mass is 396 g/mol. The molecule has 1 aliphatic rings. The number of thiocarbonyl (C=S) groups is 1. The number of pyridine rings is 1. The maximum Gasteiger partial charge on any atom is 0.170 e. The molecule has 0 amide bonds. The third-order valence-electron chi connectivity index (χ3n) is 4.90. The molecule has 28 heavy (non-hydrogen) atoms. The zero-order chi connectivity index (χ0) is 19.5. The summed E-state index contributed by atoms with van der Waals surface area (Å²) in [6.07, 6.45) is 3.72. The third kappa shape index (κ3) is 3.50. The number of nitrogens with one attached hydrogen (secondary N) is 1. The number of methoxy groups -OCH3 is 1. The SMILES string of the molecule is COCCN1C(=S)N[C@H](c2ccccn2)[C@@H]1c1cccn1-c1cccc(F)c1. The fourth-order valence-electron chi connectivity index (χ4n) is 3.65. The number of rotatable bonds is 6. The predicted octanol–water partition coefficient (Wildman–Crippen LogP) is 3.63. The number of hydrogen-bond acceptors (Lipinski definition) is 3. The lowest BCUT2D eigenvalue weighted by atomic mass is 10.0. The van der Waals surface area contributed by atoms with Crippen molar-refractivity contribution in [1.82, 2.24) is 19.8 Å². The van der Waals surface area contributed by atoms with E-state index in [1.165, 1.54) is 12.1 Å². The van der Waals surface area contributed by atoms with E-state index < -0.39 is 0 Å². The van der Waals surface area contributed by atoms with Crippen LogP contribution in [0.4, 0.5) is 4.39 Å². The van der Waals surface area contributed by atoms with Gasteiger partial charge in [0.05, 0.1) is 24.4 Å². The Morgan fingerprint density at radius 1 is 1.18 bits per heavy atom. The summed E-state index contributed by atoms with van der Waals surface area (Å²) >= 11 is 5.62. The Morgan fingerprint density at radius 2 is 2.07 bits per heavy atom. The first-order valence-corrected chi connectivity index (χ1v) is 9.50. The number of ether oxygens (including phenoxy) is 1. The van der Waals surface area contributed by atoms with E-state index in [2.05, 4.69) is 15.2 Å². The lowest BCUT2D eigenvalue weighted by Crippen LogP contribution is -2.33. The highest BCUT2D eigenvalue weighted by Crippen LogP contribution is 2.39. The molecule has 1 fully saturated rings. The average Bonchev–Trinajstić information content (AvgIpc) is 3.31. The molecule has 3 aromatic rings. The summed E-state index contributed by atoms with van der Waals surface area (Å²) in [6.45, 7) is 1.19. The molecule has 144 valence electrons. The number of hydrogen-bond donors (Lipinski definition) is 1. The quantitative estimate of drug-likeness (QED) is 0.645. The molecule has 5 nitrogen and oxygen atoms in total. The van der Waals surface area contributed by atoms with Gasteiger partial charge in [0.1, 0.15) is 5.82 Å². The van der Waals surface area contributed by atoms with Gasteiger partial charge in [0.2, 0.25) is 0 Å². The van der Waals surface area contributed by atoms with Gasteiger partial charge in [-0.05, 0) is 54.7 Å². The van der Waals surface area contributed by atoms with Crippen LogP contribution < -0.4 is 5.32 Å². The first-order valence-electron chi connectivity index (χ1n) is 9.09. The number of aromatic nitrogens is 2. The average molecular weight is 396 g/mol. The maximum atomic E-state index is 13.8. The summed E-state index contributed by atoms with van der Waals surface area (Å²) in [7, 11) is 1.67. The van der Waals surface area contributed by atoms with Crippen LogP contribution in [-0.4, -0.2) is 39.8 Å². The molecule has 4 rings (SSSR count). The van der Waals surface area contributed by atoms with Gasteiger partial charge in [0.25, 0.3) is 0 Å². The van der Waals surface area contributed by atoms with Crippen LogP contribution in [0.2, 0.25) is 0 Å². The zero-order valence-corrected chi connectivity index (χ0v) is 16.3. The van der Waals surface area contributed by atoms with Crippen LogP contribution in [0.5, 0.6) is 0 Å². The molecule has 1 aliphatic heterocycles. The minimum atomic E-state index is -0.269.